The van der Waals surface area contributed by atoms with Crippen molar-refractivity contribution in [3.63, 3.8) is 0 Å². The number of aliphatic hydroxyl groups is 1. The van der Waals surface area contributed by atoms with Gasteiger partial charge >= 0.3 is 0 Å². The van der Waals surface area contributed by atoms with Gasteiger partial charge in [-0.2, -0.15) is 0 Å². The van der Waals surface area contributed by atoms with Crippen molar-refractivity contribution in [2.45, 2.75) is 13.3 Å². The zero-order valence-electron chi connectivity index (χ0n) is 9.76. The van der Waals surface area contributed by atoms with E-state index in [1.165, 1.54) is 17.3 Å². The number of hydrogen-bond donors (Lipinski definition) is 3. The monoisotopic (exact) mass is 239 g/mol. The maximum Gasteiger partial charge on any atom is 0.274 e. The summed E-state index contributed by atoms with van der Waals surface area (Å²) < 4.78 is 0. The number of hydrogen-bond acceptors (Lipinski definition) is 6. The van der Waals surface area contributed by atoms with Crippen molar-refractivity contribution in [2.24, 2.45) is 5.84 Å². The van der Waals surface area contributed by atoms with E-state index < -0.39 is 0 Å². The van der Waals surface area contributed by atoms with Crippen LogP contribution in [0.1, 0.15) is 23.8 Å². The van der Waals surface area contributed by atoms with Crippen LogP contribution in [0.5, 0.6) is 0 Å². The Morgan fingerprint density at radius 3 is 2.88 bits per heavy atom. The summed E-state index contributed by atoms with van der Waals surface area (Å²) in [5.41, 5.74) is 2.54. The molecule has 0 aliphatic carbocycles. The summed E-state index contributed by atoms with van der Waals surface area (Å²) in [6, 6.07) is 0. The normalized spacial score (nSPS) is 10.1. The van der Waals surface area contributed by atoms with Crippen molar-refractivity contribution >= 4 is 11.7 Å². The van der Waals surface area contributed by atoms with Crippen molar-refractivity contribution in [1.29, 1.82) is 0 Å². The number of carbonyl (C=O) groups excluding carboxylic acids is 1. The molecule has 0 unspecified atom stereocenters. The fourth-order valence-electron chi connectivity index (χ4n) is 1.41. The van der Waals surface area contributed by atoms with Crippen molar-refractivity contribution < 1.29 is 9.90 Å². The summed E-state index contributed by atoms with van der Waals surface area (Å²) in [5, 5.41) is 8.90. The maximum atomic E-state index is 12.0. The Morgan fingerprint density at radius 1 is 1.53 bits per heavy atom. The van der Waals surface area contributed by atoms with Gasteiger partial charge in [-0.1, -0.05) is 6.92 Å². The molecule has 0 radical (unpaired) electrons. The molecule has 1 amide bonds. The van der Waals surface area contributed by atoms with E-state index >= 15 is 0 Å². The first-order valence-electron chi connectivity index (χ1n) is 5.41. The second-order valence-corrected chi connectivity index (χ2v) is 3.45. The van der Waals surface area contributed by atoms with Crippen LogP contribution in [0.15, 0.2) is 12.4 Å². The van der Waals surface area contributed by atoms with Gasteiger partial charge in [-0.3, -0.25) is 9.78 Å². The van der Waals surface area contributed by atoms with Gasteiger partial charge in [-0.15, -0.1) is 0 Å². The highest BCUT2D eigenvalue weighted by molar-refractivity contribution is 5.92. The number of hydrazine groups is 1. The summed E-state index contributed by atoms with van der Waals surface area (Å²) in [6.07, 6.45) is 3.62. The molecule has 1 aromatic heterocycles. The average molecular weight is 239 g/mol. The molecule has 0 spiro atoms. The van der Waals surface area contributed by atoms with Gasteiger partial charge < -0.3 is 15.4 Å². The number of nitrogens with one attached hydrogen (secondary N) is 1. The van der Waals surface area contributed by atoms with Crippen LogP contribution in [0.25, 0.3) is 0 Å². The van der Waals surface area contributed by atoms with E-state index in [-0.39, 0.29) is 24.8 Å². The number of carbonyl (C=O) groups is 1. The lowest BCUT2D eigenvalue weighted by molar-refractivity contribution is 0.0716. The average Bonchev–Trinajstić information content (AvgIpc) is 2.38. The minimum absolute atomic E-state index is 0.0754. The lowest BCUT2D eigenvalue weighted by atomic mass is 10.3. The van der Waals surface area contributed by atoms with E-state index in [1.54, 1.807) is 0 Å². The third kappa shape index (κ3) is 3.65. The SMILES string of the molecule is CCCN(CCO)C(=O)c1cncc(NN)n1. The summed E-state index contributed by atoms with van der Waals surface area (Å²) in [7, 11) is 0. The number of amides is 1. The number of nitrogens with two attached hydrogens (primary N) is 1. The first kappa shape index (κ1) is 13.3. The van der Waals surface area contributed by atoms with Crippen molar-refractivity contribution in [3.05, 3.63) is 18.1 Å². The van der Waals surface area contributed by atoms with E-state index in [2.05, 4.69) is 15.4 Å². The van der Waals surface area contributed by atoms with Crippen LogP contribution in [0.3, 0.4) is 0 Å². The molecule has 0 atom stereocenters. The Hall–Kier alpha value is -1.73. The Labute approximate surface area is 99.6 Å². The molecule has 0 saturated heterocycles. The third-order valence-corrected chi connectivity index (χ3v) is 2.15. The third-order valence-electron chi connectivity index (χ3n) is 2.15. The molecular formula is C10H17N5O2. The molecule has 7 nitrogen and oxygen atoms in total. The number of nitrogen functional groups attached to an aromatic ring is 1. The summed E-state index contributed by atoms with van der Waals surface area (Å²) in [6.45, 7) is 2.74. The zero-order valence-corrected chi connectivity index (χ0v) is 9.76. The Kier molecular flexibility index (Phi) is 5.31. The molecule has 1 rings (SSSR count). The molecular weight excluding hydrogens is 222 g/mol. The molecule has 0 fully saturated rings. The molecule has 0 aliphatic rings. The molecule has 0 saturated carbocycles. The molecule has 4 N–H and O–H groups in total. The second kappa shape index (κ2) is 6.77. The number of aliphatic hydroxyl groups excluding tert-OH is 1. The van der Waals surface area contributed by atoms with Crippen LogP contribution >= 0.6 is 0 Å². The first-order chi connectivity index (χ1) is 8.22. The summed E-state index contributed by atoms with van der Waals surface area (Å²) in [5.74, 6) is 5.27. The van der Waals surface area contributed by atoms with Crippen LogP contribution in [0, 0.1) is 0 Å². The zero-order chi connectivity index (χ0) is 12.7. The van der Waals surface area contributed by atoms with E-state index in [4.69, 9.17) is 10.9 Å². The van der Waals surface area contributed by atoms with Crippen LogP contribution < -0.4 is 11.3 Å². The minimum Gasteiger partial charge on any atom is -0.395 e. The van der Waals surface area contributed by atoms with Gasteiger partial charge in [0.05, 0.1) is 19.0 Å². The number of aromatic nitrogens is 2. The van der Waals surface area contributed by atoms with Gasteiger partial charge in [0, 0.05) is 13.1 Å². The van der Waals surface area contributed by atoms with Crippen LogP contribution in [0.4, 0.5) is 5.82 Å². The summed E-state index contributed by atoms with van der Waals surface area (Å²) >= 11 is 0. The van der Waals surface area contributed by atoms with Gasteiger partial charge in [-0.05, 0) is 6.42 Å². The smallest absolute Gasteiger partial charge is 0.274 e. The molecule has 94 valence electrons. The van der Waals surface area contributed by atoms with E-state index in [0.29, 0.717) is 12.4 Å². The van der Waals surface area contributed by atoms with Crippen LogP contribution in [-0.4, -0.2) is 45.6 Å². The highest BCUT2D eigenvalue weighted by Crippen LogP contribution is 2.05. The van der Waals surface area contributed by atoms with E-state index in [9.17, 15) is 4.79 Å². The van der Waals surface area contributed by atoms with E-state index in [1.807, 2.05) is 6.92 Å². The van der Waals surface area contributed by atoms with Crippen molar-refractivity contribution in [3.8, 4) is 0 Å². The van der Waals surface area contributed by atoms with E-state index in [0.717, 1.165) is 6.42 Å². The van der Waals surface area contributed by atoms with Gasteiger partial charge in [0.15, 0.2) is 5.82 Å². The Balaban J connectivity index is 2.84. The second-order valence-electron chi connectivity index (χ2n) is 3.45. The largest absolute Gasteiger partial charge is 0.395 e. The standard InChI is InChI=1S/C10H17N5O2/c1-2-3-15(4-5-16)10(17)8-6-12-7-9(13-8)14-11/h6-7,16H,2-5,11H2,1H3,(H,13,14). The minimum atomic E-state index is -0.259. The maximum absolute atomic E-state index is 12.0. The topological polar surface area (TPSA) is 104 Å². The molecule has 0 aliphatic heterocycles. The Morgan fingerprint density at radius 2 is 2.29 bits per heavy atom. The first-order valence-corrected chi connectivity index (χ1v) is 5.41. The fraction of sp³-hybridized carbons (Fsp3) is 0.500. The molecule has 17 heavy (non-hydrogen) atoms. The lowest BCUT2D eigenvalue weighted by Crippen LogP contribution is -2.35. The lowest BCUT2D eigenvalue weighted by Gasteiger charge is -2.20. The quantitative estimate of drug-likeness (QED) is 0.461. The number of nitrogens with zero attached hydrogens (tertiary/aromatic N) is 3. The number of anilines is 1. The van der Waals surface area contributed by atoms with Crippen LogP contribution in [-0.2, 0) is 0 Å². The molecule has 0 aromatic carbocycles. The molecule has 1 heterocycles. The highest BCUT2D eigenvalue weighted by atomic mass is 16.3. The molecule has 7 heteroatoms. The van der Waals surface area contributed by atoms with Crippen LogP contribution in [0.2, 0.25) is 0 Å². The summed E-state index contributed by atoms with van der Waals surface area (Å²) in [4.78, 5) is 21.4. The van der Waals surface area contributed by atoms with Gasteiger partial charge in [0.25, 0.3) is 5.91 Å². The van der Waals surface area contributed by atoms with Crippen molar-refractivity contribution in [1.82, 2.24) is 14.9 Å². The van der Waals surface area contributed by atoms with Gasteiger partial charge in [0.2, 0.25) is 0 Å². The Bertz CT molecular complexity index is 365. The predicted octanol–water partition coefficient (Wildman–Crippen LogP) is -0.393. The molecule has 0 bridgehead atoms. The number of rotatable bonds is 6. The fourth-order valence-corrected chi connectivity index (χ4v) is 1.41. The van der Waals surface area contributed by atoms with Gasteiger partial charge in [-0.25, -0.2) is 10.8 Å². The highest BCUT2D eigenvalue weighted by Gasteiger charge is 2.16. The van der Waals surface area contributed by atoms with Crippen molar-refractivity contribution in [2.75, 3.05) is 25.1 Å². The molecule has 1 aromatic rings. The predicted molar refractivity (Wildman–Crippen MR) is 63.1 cm³/mol. The van der Waals surface area contributed by atoms with Gasteiger partial charge in [0.1, 0.15) is 5.69 Å².